The highest BCUT2D eigenvalue weighted by Crippen LogP contribution is 2.35. The number of alkyl halides is 2. The van der Waals surface area contributed by atoms with Crippen LogP contribution >= 0.6 is 0 Å². The van der Waals surface area contributed by atoms with E-state index in [4.69, 9.17) is 0 Å². The average molecular weight is 303 g/mol. The largest absolute Gasteiger partial charge is 0.368 e. The lowest BCUT2D eigenvalue weighted by Crippen LogP contribution is -2.45. The number of anilines is 1. The van der Waals surface area contributed by atoms with Gasteiger partial charge in [-0.2, -0.15) is 0 Å². The van der Waals surface area contributed by atoms with Gasteiger partial charge in [0.1, 0.15) is 5.82 Å². The molecule has 0 N–H and O–H groups in total. The van der Waals surface area contributed by atoms with Crippen LogP contribution in [0.5, 0.6) is 0 Å². The molecule has 0 spiro atoms. The lowest BCUT2D eigenvalue weighted by Gasteiger charge is -2.39. The number of benzene rings is 1. The van der Waals surface area contributed by atoms with Crippen molar-refractivity contribution in [3.63, 3.8) is 0 Å². The molecule has 1 aliphatic rings. The highest BCUT2D eigenvalue weighted by molar-refractivity contribution is 5.54. The molecular weight excluding hydrogens is 275 g/mol. The van der Waals surface area contributed by atoms with Crippen molar-refractivity contribution in [1.29, 1.82) is 0 Å². The summed E-state index contributed by atoms with van der Waals surface area (Å²) in [5.41, 5.74) is 1.26. The molecular formula is C17H28F3N. The van der Waals surface area contributed by atoms with Gasteiger partial charge in [0.25, 0.3) is 5.92 Å². The first-order valence-electron chi connectivity index (χ1n) is 7.80. The Morgan fingerprint density at radius 3 is 2.24 bits per heavy atom. The van der Waals surface area contributed by atoms with Gasteiger partial charge in [-0.15, -0.1) is 0 Å². The number of piperidine rings is 1. The molecule has 0 radical (unpaired) electrons. The Balaban J connectivity index is 0.000000921. The van der Waals surface area contributed by atoms with Crippen LogP contribution in [0.15, 0.2) is 18.2 Å². The van der Waals surface area contributed by atoms with Crippen molar-refractivity contribution >= 4 is 5.69 Å². The summed E-state index contributed by atoms with van der Waals surface area (Å²) in [6, 6.07) is 4.54. The summed E-state index contributed by atoms with van der Waals surface area (Å²) in [5, 5.41) is 0. The smallest absolute Gasteiger partial charge is 0.251 e. The van der Waals surface area contributed by atoms with Crippen molar-refractivity contribution in [3.05, 3.63) is 29.6 Å². The van der Waals surface area contributed by atoms with Gasteiger partial charge in [0.2, 0.25) is 0 Å². The number of nitrogens with zero attached hydrogens (tertiary/aromatic N) is 1. The molecule has 1 aromatic carbocycles. The lowest BCUT2D eigenvalue weighted by molar-refractivity contribution is -0.0318. The maximum absolute atomic E-state index is 13.4. The molecule has 21 heavy (non-hydrogen) atoms. The van der Waals surface area contributed by atoms with Gasteiger partial charge in [-0.25, -0.2) is 13.2 Å². The van der Waals surface area contributed by atoms with E-state index in [9.17, 15) is 13.2 Å². The number of halogens is 3. The minimum atomic E-state index is -2.59. The molecule has 0 saturated carbocycles. The van der Waals surface area contributed by atoms with Crippen molar-refractivity contribution < 1.29 is 13.2 Å². The summed E-state index contributed by atoms with van der Waals surface area (Å²) in [6.07, 6.45) is -0.323. The molecule has 1 fully saturated rings. The first-order chi connectivity index (χ1) is 9.91. The van der Waals surface area contributed by atoms with Crippen molar-refractivity contribution in [2.45, 2.75) is 66.3 Å². The van der Waals surface area contributed by atoms with Crippen LogP contribution in [-0.2, 0) is 0 Å². The van der Waals surface area contributed by atoms with Crippen LogP contribution in [-0.4, -0.2) is 18.5 Å². The molecule has 2 rings (SSSR count). The van der Waals surface area contributed by atoms with Gasteiger partial charge in [0.15, 0.2) is 0 Å². The van der Waals surface area contributed by atoms with Crippen molar-refractivity contribution in [2.75, 3.05) is 11.4 Å². The van der Waals surface area contributed by atoms with E-state index in [1.165, 1.54) is 6.07 Å². The zero-order chi connectivity index (χ0) is 16.6. The Morgan fingerprint density at radius 2 is 1.71 bits per heavy atom. The fourth-order valence-electron chi connectivity index (χ4n) is 2.41. The molecule has 0 aromatic heterocycles. The van der Waals surface area contributed by atoms with Gasteiger partial charge >= 0.3 is 0 Å². The van der Waals surface area contributed by atoms with E-state index in [1.807, 2.05) is 32.6 Å². The van der Waals surface area contributed by atoms with Crippen LogP contribution < -0.4 is 4.90 Å². The van der Waals surface area contributed by atoms with Gasteiger partial charge in [-0.1, -0.05) is 33.8 Å². The molecule has 1 saturated heterocycles. The predicted molar refractivity (Wildman–Crippen MR) is 84.8 cm³/mol. The summed E-state index contributed by atoms with van der Waals surface area (Å²) >= 11 is 0. The second-order valence-electron chi connectivity index (χ2n) is 4.74. The van der Waals surface area contributed by atoms with E-state index in [2.05, 4.69) is 0 Å². The van der Waals surface area contributed by atoms with Crippen molar-refractivity contribution in [1.82, 2.24) is 0 Å². The zero-order valence-electron chi connectivity index (χ0n) is 14.0. The quantitative estimate of drug-likeness (QED) is 0.632. The van der Waals surface area contributed by atoms with E-state index in [1.54, 1.807) is 26.0 Å². The summed E-state index contributed by atoms with van der Waals surface area (Å²) < 4.78 is 39.9. The second kappa shape index (κ2) is 8.96. The van der Waals surface area contributed by atoms with Crippen LogP contribution in [0.4, 0.5) is 18.9 Å². The fraction of sp³-hybridized carbons (Fsp3) is 0.647. The first kappa shape index (κ1) is 19.8. The van der Waals surface area contributed by atoms with Gasteiger partial charge < -0.3 is 4.90 Å². The predicted octanol–water partition coefficient (Wildman–Crippen LogP) is 5.81. The number of rotatable bonds is 1. The summed E-state index contributed by atoms with van der Waals surface area (Å²) in [5.74, 6) is -2.87. The van der Waals surface area contributed by atoms with Crippen LogP contribution in [0.3, 0.4) is 0 Å². The average Bonchev–Trinajstić information content (AvgIpc) is 2.46. The van der Waals surface area contributed by atoms with E-state index < -0.39 is 5.92 Å². The fourth-order valence-corrected chi connectivity index (χ4v) is 2.41. The molecule has 1 aromatic rings. The Kier molecular flexibility index (Phi) is 8.45. The molecule has 1 unspecified atom stereocenters. The Hall–Kier alpha value is -1.19. The third-order valence-corrected chi connectivity index (χ3v) is 3.39. The third kappa shape index (κ3) is 5.25. The normalized spacial score (nSPS) is 19.9. The van der Waals surface area contributed by atoms with Crippen LogP contribution in [0.25, 0.3) is 0 Å². The Morgan fingerprint density at radius 1 is 1.14 bits per heavy atom. The molecule has 1 heterocycles. The van der Waals surface area contributed by atoms with Gasteiger partial charge in [-0.05, 0) is 26.0 Å². The zero-order valence-corrected chi connectivity index (χ0v) is 14.0. The van der Waals surface area contributed by atoms with Crippen LogP contribution in [0.1, 0.15) is 53.0 Å². The SMILES string of the molecule is CC.CC.Cc1c(F)cccc1N1CCC(F)(F)CC1C. The Bertz CT molecular complexity index is 418. The lowest BCUT2D eigenvalue weighted by atomic mass is 9.98. The summed E-state index contributed by atoms with van der Waals surface area (Å²) in [4.78, 5) is 1.87. The van der Waals surface area contributed by atoms with Crippen LogP contribution in [0.2, 0.25) is 0 Å². The Labute approximate surface area is 127 Å². The molecule has 0 aliphatic carbocycles. The molecule has 0 amide bonds. The van der Waals surface area contributed by atoms with Crippen LogP contribution in [0, 0.1) is 12.7 Å². The highest BCUT2D eigenvalue weighted by Gasteiger charge is 2.38. The third-order valence-electron chi connectivity index (χ3n) is 3.39. The van der Waals surface area contributed by atoms with E-state index in [0.717, 1.165) is 5.69 Å². The van der Waals surface area contributed by atoms with E-state index >= 15 is 0 Å². The van der Waals surface area contributed by atoms with E-state index in [0.29, 0.717) is 5.56 Å². The second-order valence-corrected chi connectivity index (χ2v) is 4.74. The summed E-state index contributed by atoms with van der Waals surface area (Å²) in [7, 11) is 0. The molecule has 122 valence electrons. The first-order valence-corrected chi connectivity index (χ1v) is 7.80. The van der Waals surface area contributed by atoms with Gasteiger partial charge in [-0.3, -0.25) is 0 Å². The van der Waals surface area contributed by atoms with Crippen molar-refractivity contribution in [3.8, 4) is 0 Å². The molecule has 1 nitrogen and oxygen atoms in total. The molecule has 1 atom stereocenters. The highest BCUT2D eigenvalue weighted by atomic mass is 19.3. The molecule has 0 bridgehead atoms. The topological polar surface area (TPSA) is 3.24 Å². The minimum Gasteiger partial charge on any atom is -0.368 e. The van der Waals surface area contributed by atoms with Crippen molar-refractivity contribution in [2.24, 2.45) is 0 Å². The monoisotopic (exact) mass is 303 g/mol. The summed E-state index contributed by atoms with van der Waals surface area (Å²) in [6.45, 7) is 11.7. The van der Waals surface area contributed by atoms with Gasteiger partial charge in [0, 0.05) is 36.7 Å². The molecule has 1 aliphatic heterocycles. The maximum Gasteiger partial charge on any atom is 0.251 e. The van der Waals surface area contributed by atoms with Gasteiger partial charge in [0.05, 0.1) is 0 Å². The standard InChI is InChI=1S/C13H16F3N.2C2H6/c1-9-8-13(15,16)6-7-17(9)12-5-3-4-11(14)10(12)2;2*1-2/h3-5,9H,6-8H2,1-2H3;2*1-2H3. The number of hydrogen-bond acceptors (Lipinski definition) is 1. The van der Waals surface area contributed by atoms with E-state index in [-0.39, 0.29) is 31.2 Å². The molecule has 4 heteroatoms. The minimum absolute atomic E-state index is 0.159. The maximum atomic E-state index is 13.4. The number of hydrogen-bond donors (Lipinski definition) is 0.